The van der Waals surface area contributed by atoms with Crippen molar-refractivity contribution in [3.63, 3.8) is 0 Å². The van der Waals surface area contributed by atoms with Crippen LogP contribution in [0.2, 0.25) is 0 Å². The molecule has 0 aromatic rings. The van der Waals surface area contributed by atoms with Gasteiger partial charge in [0.2, 0.25) is 0 Å². The van der Waals surface area contributed by atoms with Crippen LogP contribution >= 0.6 is 0 Å². The number of allylic oxidation sites excluding steroid dienone is 1. The van der Waals surface area contributed by atoms with Crippen LogP contribution in [0, 0.1) is 23.7 Å². The second-order valence-electron chi connectivity index (χ2n) is 7.46. The molecule has 3 atom stereocenters. The summed E-state index contributed by atoms with van der Waals surface area (Å²) in [6.07, 6.45) is 5.39. The molecule has 0 aromatic carbocycles. The molecule has 0 aromatic heterocycles. The highest BCUT2D eigenvalue weighted by atomic mass is 16.1. The van der Waals surface area contributed by atoms with E-state index >= 15 is 0 Å². The van der Waals surface area contributed by atoms with Crippen molar-refractivity contribution in [3.8, 4) is 0 Å². The minimum atomic E-state index is 0.00315. The van der Waals surface area contributed by atoms with Crippen molar-refractivity contribution in [2.75, 3.05) is 0 Å². The van der Waals surface area contributed by atoms with Crippen molar-refractivity contribution < 1.29 is 4.79 Å². The van der Waals surface area contributed by atoms with E-state index in [1.807, 2.05) is 13.8 Å². The smallest absolute Gasteiger partial charge is 0.156 e. The third-order valence-corrected chi connectivity index (χ3v) is 5.27. The number of ketones is 1. The number of rotatable bonds is 5. The molecule has 2 unspecified atom stereocenters. The lowest BCUT2D eigenvalue weighted by Crippen LogP contribution is -2.51. The third-order valence-electron chi connectivity index (χ3n) is 5.27. The quantitative estimate of drug-likeness (QED) is 0.769. The Labute approximate surface area is 117 Å². The zero-order valence-electron chi connectivity index (χ0n) is 12.7. The first-order valence-corrected chi connectivity index (χ1v) is 8.00. The highest BCUT2D eigenvalue weighted by Gasteiger charge is 2.50. The van der Waals surface area contributed by atoms with E-state index in [-0.39, 0.29) is 12.0 Å². The van der Waals surface area contributed by atoms with Gasteiger partial charge < -0.3 is 5.32 Å². The summed E-state index contributed by atoms with van der Waals surface area (Å²) in [5.41, 5.74) is 3.19. The van der Waals surface area contributed by atoms with Gasteiger partial charge in [0.15, 0.2) is 5.78 Å². The van der Waals surface area contributed by atoms with Crippen LogP contribution in [0.25, 0.3) is 0 Å². The number of carbonyl (C=O) groups is 1. The van der Waals surface area contributed by atoms with Crippen molar-refractivity contribution in [1.82, 2.24) is 5.32 Å². The summed E-state index contributed by atoms with van der Waals surface area (Å²) in [5.74, 6) is 3.06. The lowest BCUT2D eigenvalue weighted by molar-refractivity contribution is -0.123. The van der Waals surface area contributed by atoms with Crippen molar-refractivity contribution in [2.24, 2.45) is 23.7 Å². The average Bonchev–Trinajstić information content (AvgIpc) is 2.34. The topological polar surface area (TPSA) is 29.1 Å². The van der Waals surface area contributed by atoms with Gasteiger partial charge in [0, 0.05) is 12.0 Å². The lowest BCUT2D eigenvalue weighted by Gasteiger charge is -2.55. The molecular formula is C17H27NO. The summed E-state index contributed by atoms with van der Waals surface area (Å²) in [5, 5.41) is 3.55. The fourth-order valence-corrected chi connectivity index (χ4v) is 4.54. The summed E-state index contributed by atoms with van der Waals surface area (Å²) < 4.78 is 0. The van der Waals surface area contributed by atoms with Crippen molar-refractivity contribution in [2.45, 2.75) is 65.5 Å². The van der Waals surface area contributed by atoms with Gasteiger partial charge in [0.1, 0.15) is 0 Å². The van der Waals surface area contributed by atoms with Crippen molar-refractivity contribution >= 4 is 5.78 Å². The van der Waals surface area contributed by atoms with Crippen molar-refractivity contribution in [1.29, 1.82) is 0 Å². The standard InChI is InChI=1S/C17H27NO/c1-9(2)17(19)16(18-10(3)4)14-7-11-5-12-8-13(6-11)15(12)14/h9-13,16,18H,5-8H2,1-4H3/t11?,12?,13?,16-/m0/s1. The first-order chi connectivity index (χ1) is 8.97. The maximum atomic E-state index is 12.6. The van der Waals surface area contributed by atoms with E-state index in [4.69, 9.17) is 0 Å². The van der Waals surface area contributed by atoms with Gasteiger partial charge in [-0.3, -0.25) is 4.79 Å². The molecule has 106 valence electrons. The predicted molar refractivity (Wildman–Crippen MR) is 77.9 cm³/mol. The third kappa shape index (κ3) is 2.18. The molecule has 5 aliphatic rings. The summed E-state index contributed by atoms with van der Waals surface area (Å²) >= 11 is 0. The summed E-state index contributed by atoms with van der Waals surface area (Å²) in [4.78, 5) is 12.6. The Morgan fingerprint density at radius 2 is 1.74 bits per heavy atom. The van der Waals surface area contributed by atoms with Gasteiger partial charge in [-0.15, -0.1) is 0 Å². The average molecular weight is 261 g/mol. The Morgan fingerprint density at radius 1 is 1.11 bits per heavy atom. The monoisotopic (exact) mass is 261 g/mol. The van der Waals surface area contributed by atoms with E-state index in [0.29, 0.717) is 11.8 Å². The van der Waals surface area contributed by atoms with Gasteiger partial charge in [-0.2, -0.15) is 0 Å². The second kappa shape index (κ2) is 4.73. The molecular weight excluding hydrogens is 234 g/mol. The highest BCUT2D eigenvalue weighted by molar-refractivity contribution is 5.89. The van der Waals surface area contributed by atoms with E-state index < -0.39 is 0 Å². The molecule has 0 aliphatic heterocycles. The van der Waals surface area contributed by atoms with Crippen LogP contribution in [-0.2, 0) is 4.79 Å². The SMILES string of the molecule is CC(C)N[C@H](C(=O)C(C)C)C1=C2C3CC(C1)CC2C3. The zero-order chi connectivity index (χ0) is 13.7. The Morgan fingerprint density at radius 3 is 2.21 bits per heavy atom. The Bertz CT molecular complexity index is 407. The zero-order valence-corrected chi connectivity index (χ0v) is 12.7. The minimum Gasteiger partial charge on any atom is -0.302 e. The van der Waals surface area contributed by atoms with Gasteiger partial charge in [-0.05, 0) is 62.9 Å². The van der Waals surface area contributed by atoms with Crippen molar-refractivity contribution in [3.05, 3.63) is 11.1 Å². The molecule has 5 rings (SSSR count). The molecule has 3 fully saturated rings. The maximum absolute atomic E-state index is 12.6. The summed E-state index contributed by atoms with van der Waals surface area (Å²) in [6.45, 7) is 8.36. The fraction of sp³-hybridized carbons (Fsp3) is 0.824. The fourth-order valence-electron chi connectivity index (χ4n) is 4.54. The Hall–Kier alpha value is -0.630. The van der Waals surface area contributed by atoms with Crippen LogP contribution in [0.1, 0.15) is 53.4 Å². The van der Waals surface area contributed by atoms with Gasteiger partial charge in [0.25, 0.3) is 0 Å². The summed E-state index contributed by atoms with van der Waals surface area (Å²) in [6, 6.07) is 0.376. The highest BCUT2D eigenvalue weighted by Crippen LogP contribution is 2.59. The normalized spacial score (nSPS) is 33.9. The molecule has 19 heavy (non-hydrogen) atoms. The van der Waals surface area contributed by atoms with Gasteiger partial charge in [-0.25, -0.2) is 0 Å². The van der Waals surface area contributed by atoms with E-state index in [1.165, 1.54) is 31.3 Å². The first-order valence-electron chi connectivity index (χ1n) is 8.00. The summed E-state index contributed by atoms with van der Waals surface area (Å²) in [7, 11) is 0. The van der Waals surface area contributed by atoms with Crippen LogP contribution in [0.4, 0.5) is 0 Å². The van der Waals surface area contributed by atoms with Gasteiger partial charge in [0.05, 0.1) is 6.04 Å². The molecule has 4 bridgehead atoms. The molecule has 1 N–H and O–H groups in total. The number of hydrogen-bond donors (Lipinski definition) is 1. The van der Waals surface area contributed by atoms with Crippen LogP contribution in [0.3, 0.4) is 0 Å². The number of hydrogen-bond acceptors (Lipinski definition) is 2. The first kappa shape index (κ1) is 13.4. The van der Waals surface area contributed by atoms with Crippen LogP contribution in [-0.4, -0.2) is 17.9 Å². The number of fused-ring (bicyclic) bond motifs is 1. The second-order valence-corrected chi connectivity index (χ2v) is 7.46. The van der Waals surface area contributed by atoms with E-state index in [0.717, 1.165) is 17.8 Å². The van der Waals surface area contributed by atoms with E-state index in [2.05, 4.69) is 19.2 Å². The Balaban J connectivity index is 1.90. The van der Waals surface area contributed by atoms with E-state index in [9.17, 15) is 4.79 Å². The minimum absolute atomic E-state index is 0.00315. The molecule has 0 saturated heterocycles. The van der Waals surface area contributed by atoms with Crippen LogP contribution in [0.5, 0.6) is 0 Å². The molecule has 0 spiro atoms. The van der Waals surface area contributed by atoms with Gasteiger partial charge >= 0.3 is 0 Å². The molecule has 3 saturated carbocycles. The van der Waals surface area contributed by atoms with Crippen LogP contribution in [0.15, 0.2) is 11.1 Å². The molecule has 2 nitrogen and oxygen atoms in total. The molecule has 0 amide bonds. The largest absolute Gasteiger partial charge is 0.302 e. The molecule has 2 heteroatoms. The Kier molecular flexibility index (Phi) is 3.33. The van der Waals surface area contributed by atoms with E-state index in [1.54, 1.807) is 5.57 Å². The molecule has 5 aliphatic carbocycles. The number of Topliss-reactive ketones (excluding diaryl/α,β-unsaturated/α-hetero) is 1. The van der Waals surface area contributed by atoms with Gasteiger partial charge in [-0.1, -0.05) is 19.4 Å². The van der Waals surface area contributed by atoms with Crippen LogP contribution < -0.4 is 5.32 Å². The predicted octanol–water partition coefficient (Wildman–Crippen LogP) is 3.32. The molecule has 0 heterocycles. The maximum Gasteiger partial charge on any atom is 0.156 e. The number of nitrogens with one attached hydrogen (secondary N) is 1. The number of carbonyl (C=O) groups excluding carboxylic acids is 1. The molecule has 0 radical (unpaired) electrons. The lowest BCUT2D eigenvalue weighted by atomic mass is 9.51.